The van der Waals surface area contributed by atoms with E-state index >= 15 is 0 Å². The van der Waals surface area contributed by atoms with Gasteiger partial charge >= 0.3 is 0 Å². The van der Waals surface area contributed by atoms with E-state index < -0.39 is 0 Å². The standard InChI is InChI=1S/C6H12NO2/c1-8-5-9-6-2-3-7-4-6/h6H,2-5H2,1H3. The fraction of sp³-hybridized carbons (Fsp3) is 1.00. The van der Waals surface area contributed by atoms with Crippen molar-refractivity contribution in [3.63, 3.8) is 0 Å². The van der Waals surface area contributed by atoms with Gasteiger partial charge < -0.3 is 9.47 Å². The summed E-state index contributed by atoms with van der Waals surface area (Å²) in [5.41, 5.74) is 0. The third kappa shape index (κ3) is 2.30. The van der Waals surface area contributed by atoms with Crippen LogP contribution in [0.4, 0.5) is 0 Å². The van der Waals surface area contributed by atoms with E-state index in [4.69, 9.17) is 9.47 Å². The second kappa shape index (κ2) is 3.82. The molecule has 9 heavy (non-hydrogen) atoms. The molecule has 3 nitrogen and oxygen atoms in total. The van der Waals surface area contributed by atoms with Crippen LogP contribution in [0.15, 0.2) is 0 Å². The molecule has 1 aliphatic rings. The summed E-state index contributed by atoms with van der Waals surface area (Å²) in [7, 11) is 1.63. The molecule has 1 radical (unpaired) electrons. The molecule has 1 heterocycles. The summed E-state index contributed by atoms with van der Waals surface area (Å²) >= 11 is 0. The third-order valence-corrected chi connectivity index (χ3v) is 1.36. The fourth-order valence-corrected chi connectivity index (χ4v) is 0.862. The molecule has 1 atom stereocenters. The minimum atomic E-state index is 0.324. The molecule has 53 valence electrons. The van der Waals surface area contributed by atoms with Crippen LogP contribution in [0.2, 0.25) is 0 Å². The smallest absolute Gasteiger partial charge is 0.146 e. The van der Waals surface area contributed by atoms with E-state index in [1.165, 1.54) is 0 Å². The number of hydrogen-bond donors (Lipinski definition) is 0. The normalized spacial score (nSPS) is 27.0. The highest BCUT2D eigenvalue weighted by Gasteiger charge is 2.14. The van der Waals surface area contributed by atoms with Crippen LogP contribution >= 0.6 is 0 Å². The van der Waals surface area contributed by atoms with Gasteiger partial charge in [0, 0.05) is 20.2 Å². The Bertz CT molecular complexity index is 71.5. The van der Waals surface area contributed by atoms with Gasteiger partial charge in [0.1, 0.15) is 6.79 Å². The van der Waals surface area contributed by atoms with Crippen LogP contribution in [0, 0.1) is 0 Å². The molecular formula is C6H12NO2. The summed E-state index contributed by atoms with van der Waals surface area (Å²) in [6.45, 7) is 2.21. The number of rotatable bonds is 3. The molecule has 0 spiro atoms. The number of hydrogen-bond acceptors (Lipinski definition) is 2. The van der Waals surface area contributed by atoms with Gasteiger partial charge in [-0.05, 0) is 6.42 Å². The van der Waals surface area contributed by atoms with E-state index in [1.807, 2.05) is 0 Å². The maximum absolute atomic E-state index is 5.24. The van der Waals surface area contributed by atoms with E-state index in [2.05, 4.69) is 5.32 Å². The average Bonchev–Trinajstić information content (AvgIpc) is 2.34. The van der Waals surface area contributed by atoms with Crippen molar-refractivity contribution in [3.05, 3.63) is 0 Å². The molecule has 1 rings (SSSR count). The highest BCUT2D eigenvalue weighted by Crippen LogP contribution is 2.03. The van der Waals surface area contributed by atoms with Gasteiger partial charge in [-0.1, -0.05) is 0 Å². The van der Waals surface area contributed by atoms with Crippen LogP contribution in [-0.2, 0) is 9.47 Å². The molecular weight excluding hydrogens is 118 g/mol. The van der Waals surface area contributed by atoms with E-state index in [1.54, 1.807) is 7.11 Å². The molecule has 0 N–H and O–H groups in total. The van der Waals surface area contributed by atoms with Crippen LogP contribution in [0.3, 0.4) is 0 Å². The Balaban J connectivity index is 1.98. The number of ether oxygens (including phenoxy) is 2. The third-order valence-electron chi connectivity index (χ3n) is 1.36. The lowest BCUT2D eigenvalue weighted by molar-refractivity contribution is -0.0642. The first kappa shape index (κ1) is 6.99. The second-order valence-corrected chi connectivity index (χ2v) is 2.11. The van der Waals surface area contributed by atoms with Crippen molar-refractivity contribution in [1.29, 1.82) is 0 Å². The molecule has 0 aromatic carbocycles. The molecule has 0 aliphatic carbocycles. The van der Waals surface area contributed by atoms with E-state index in [0.717, 1.165) is 19.5 Å². The molecule has 0 amide bonds. The number of methoxy groups -OCH3 is 1. The summed E-state index contributed by atoms with van der Waals surface area (Å²) < 4.78 is 9.98. The summed E-state index contributed by atoms with van der Waals surface area (Å²) in [6.07, 6.45) is 1.38. The van der Waals surface area contributed by atoms with Gasteiger partial charge in [0.25, 0.3) is 0 Å². The zero-order valence-electron chi connectivity index (χ0n) is 5.67. The van der Waals surface area contributed by atoms with Crippen molar-refractivity contribution in [2.75, 3.05) is 27.0 Å². The lowest BCUT2D eigenvalue weighted by Crippen LogP contribution is -2.15. The predicted octanol–water partition coefficient (Wildman–Crippen LogP) is -0.0164. The zero-order chi connectivity index (χ0) is 6.53. The molecule has 0 aromatic rings. The van der Waals surface area contributed by atoms with Gasteiger partial charge in [0.15, 0.2) is 0 Å². The molecule has 0 saturated carbocycles. The lowest BCUT2D eigenvalue weighted by Gasteiger charge is -2.07. The van der Waals surface area contributed by atoms with Crippen LogP contribution in [0.25, 0.3) is 0 Å². The fourth-order valence-electron chi connectivity index (χ4n) is 0.862. The summed E-state index contributed by atoms with van der Waals surface area (Å²) in [4.78, 5) is 0. The Morgan fingerprint density at radius 1 is 1.67 bits per heavy atom. The Hall–Kier alpha value is -0.120. The van der Waals surface area contributed by atoms with Gasteiger partial charge in [0.05, 0.1) is 6.10 Å². The summed E-state index contributed by atoms with van der Waals surface area (Å²) in [5.74, 6) is 0. The maximum Gasteiger partial charge on any atom is 0.146 e. The molecule has 0 aromatic heterocycles. The first-order chi connectivity index (χ1) is 4.43. The van der Waals surface area contributed by atoms with E-state index in [-0.39, 0.29) is 0 Å². The van der Waals surface area contributed by atoms with Crippen molar-refractivity contribution in [3.8, 4) is 0 Å². The molecule has 1 saturated heterocycles. The van der Waals surface area contributed by atoms with Gasteiger partial charge in [-0.3, -0.25) is 0 Å². The Morgan fingerprint density at radius 2 is 2.56 bits per heavy atom. The van der Waals surface area contributed by atoms with Gasteiger partial charge in [-0.15, -0.1) is 0 Å². The number of nitrogens with zero attached hydrogens (tertiary/aromatic N) is 1. The molecule has 0 bridgehead atoms. The van der Waals surface area contributed by atoms with Gasteiger partial charge in [-0.25, -0.2) is 5.32 Å². The first-order valence-corrected chi connectivity index (χ1v) is 3.17. The summed E-state index contributed by atoms with van der Waals surface area (Å²) in [6, 6.07) is 0. The van der Waals surface area contributed by atoms with Gasteiger partial charge in [0.2, 0.25) is 0 Å². The Labute approximate surface area is 55.3 Å². The van der Waals surface area contributed by atoms with Crippen molar-refractivity contribution < 1.29 is 9.47 Å². The van der Waals surface area contributed by atoms with Crippen molar-refractivity contribution in [2.45, 2.75) is 12.5 Å². The van der Waals surface area contributed by atoms with Crippen LogP contribution in [0.5, 0.6) is 0 Å². The van der Waals surface area contributed by atoms with Crippen molar-refractivity contribution in [1.82, 2.24) is 5.32 Å². The van der Waals surface area contributed by atoms with E-state index in [9.17, 15) is 0 Å². The quantitative estimate of drug-likeness (QED) is 0.503. The minimum Gasteiger partial charge on any atom is -0.359 e. The first-order valence-electron chi connectivity index (χ1n) is 3.17. The van der Waals surface area contributed by atoms with Crippen molar-refractivity contribution >= 4 is 0 Å². The highest BCUT2D eigenvalue weighted by molar-refractivity contribution is 4.69. The summed E-state index contributed by atoms with van der Waals surface area (Å²) in [5, 5.41) is 4.14. The largest absolute Gasteiger partial charge is 0.359 e. The topological polar surface area (TPSA) is 32.6 Å². The molecule has 1 aliphatic heterocycles. The van der Waals surface area contributed by atoms with Crippen molar-refractivity contribution in [2.24, 2.45) is 0 Å². The van der Waals surface area contributed by atoms with E-state index in [0.29, 0.717) is 12.9 Å². The van der Waals surface area contributed by atoms with Crippen LogP contribution in [0.1, 0.15) is 6.42 Å². The second-order valence-electron chi connectivity index (χ2n) is 2.11. The average molecular weight is 130 g/mol. The van der Waals surface area contributed by atoms with Crippen LogP contribution < -0.4 is 5.32 Å². The van der Waals surface area contributed by atoms with Gasteiger partial charge in [-0.2, -0.15) is 0 Å². The lowest BCUT2D eigenvalue weighted by atomic mass is 10.3. The molecule has 1 unspecified atom stereocenters. The Kier molecular flexibility index (Phi) is 2.97. The highest BCUT2D eigenvalue weighted by atomic mass is 16.7. The molecule has 3 heteroatoms. The van der Waals surface area contributed by atoms with Crippen LogP contribution in [-0.4, -0.2) is 33.1 Å². The predicted molar refractivity (Wildman–Crippen MR) is 33.2 cm³/mol. The monoisotopic (exact) mass is 130 g/mol. The minimum absolute atomic E-state index is 0.324. The Morgan fingerprint density at radius 3 is 3.11 bits per heavy atom. The maximum atomic E-state index is 5.24. The zero-order valence-corrected chi connectivity index (χ0v) is 5.67. The molecule has 1 fully saturated rings. The SMILES string of the molecule is COCOC1CC[N]C1.